The molecule has 1 aromatic rings. The first-order chi connectivity index (χ1) is 8.40. The summed E-state index contributed by atoms with van der Waals surface area (Å²) < 4.78 is 26.2. The minimum absolute atomic E-state index is 0.111. The van der Waals surface area contributed by atoms with Crippen molar-refractivity contribution in [1.29, 1.82) is 0 Å². The normalized spacial score (nSPS) is 20.0. The Morgan fingerprint density at radius 2 is 2.06 bits per heavy atom. The number of rotatable bonds is 3. The van der Waals surface area contributed by atoms with Crippen LogP contribution in [0.15, 0.2) is 24.3 Å². The highest BCUT2D eigenvalue weighted by Crippen LogP contribution is 2.29. The number of fused-ring (bicyclic) bond motifs is 1. The number of nitrogens with two attached hydrogens (primary N) is 1. The van der Waals surface area contributed by atoms with Crippen molar-refractivity contribution >= 4 is 15.7 Å². The average Bonchev–Trinajstić information content (AvgIpc) is 2.26. The molecule has 1 aliphatic heterocycles. The van der Waals surface area contributed by atoms with Crippen LogP contribution in [-0.2, 0) is 16.4 Å². The first kappa shape index (κ1) is 13.4. The van der Waals surface area contributed by atoms with E-state index >= 15 is 0 Å². The van der Waals surface area contributed by atoms with E-state index in [2.05, 4.69) is 0 Å². The van der Waals surface area contributed by atoms with Gasteiger partial charge in [0.15, 0.2) is 0 Å². The molecular formula is C13H20N2O2S. The summed E-state index contributed by atoms with van der Waals surface area (Å²) in [6.07, 6.45) is 0.740. The Kier molecular flexibility index (Phi) is 3.64. The van der Waals surface area contributed by atoms with E-state index in [1.165, 1.54) is 4.31 Å². The maximum Gasteiger partial charge on any atom is 0.235 e. The van der Waals surface area contributed by atoms with Crippen molar-refractivity contribution in [3.8, 4) is 0 Å². The van der Waals surface area contributed by atoms with Crippen molar-refractivity contribution in [1.82, 2.24) is 0 Å². The Hall–Kier alpha value is -1.07. The summed E-state index contributed by atoms with van der Waals surface area (Å²) >= 11 is 0. The lowest BCUT2D eigenvalue weighted by Gasteiger charge is -2.34. The minimum atomic E-state index is -3.28. The number of sulfonamides is 1. The molecule has 4 nitrogen and oxygen atoms in total. The van der Waals surface area contributed by atoms with Gasteiger partial charge in [0.25, 0.3) is 0 Å². The molecule has 1 aliphatic rings. The number of nitrogens with zero attached hydrogens (tertiary/aromatic N) is 1. The molecule has 1 aromatic carbocycles. The summed E-state index contributed by atoms with van der Waals surface area (Å²) in [5, 5.41) is 0. The molecule has 0 fully saturated rings. The van der Waals surface area contributed by atoms with Crippen LogP contribution < -0.4 is 10.0 Å². The fraction of sp³-hybridized carbons (Fsp3) is 0.538. The van der Waals surface area contributed by atoms with E-state index in [1.54, 1.807) is 0 Å². The molecular weight excluding hydrogens is 248 g/mol. The highest BCUT2D eigenvalue weighted by molar-refractivity contribution is 7.92. The molecule has 0 saturated heterocycles. The van der Waals surface area contributed by atoms with Crippen molar-refractivity contribution in [3.63, 3.8) is 0 Å². The summed E-state index contributed by atoms with van der Waals surface area (Å²) in [4.78, 5) is 0. The van der Waals surface area contributed by atoms with E-state index in [1.807, 2.05) is 38.1 Å². The Balaban J connectivity index is 2.40. The van der Waals surface area contributed by atoms with Crippen LogP contribution in [0.4, 0.5) is 5.69 Å². The highest BCUT2D eigenvalue weighted by atomic mass is 32.2. The standard InChI is InChI=1S/C13H20N2O2S/c1-10(2)9-18(16,17)15-8-12(14)7-11-5-3-4-6-13(11)15/h3-6,10,12H,7-9,14H2,1-2H3. The third kappa shape index (κ3) is 2.67. The summed E-state index contributed by atoms with van der Waals surface area (Å²) in [5.41, 5.74) is 7.77. The molecule has 0 bridgehead atoms. The van der Waals surface area contributed by atoms with Gasteiger partial charge in [0.1, 0.15) is 0 Å². The monoisotopic (exact) mass is 268 g/mol. The fourth-order valence-corrected chi connectivity index (χ4v) is 4.28. The fourth-order valence-electron chi connectivity index (χ4n) is 2.36. The molecule has 0 radical (unpaired) electrons. The molecule has 100 valence electrons. The molecule has 1 unspecified atom stereocenters. The lowest BCUT2D eigenvalue weighted by molar-refractivity contribution is 0.564. The summed E-state index contributed by atoms with van der Waals surface area (Å²) in [6, 6.07) is 7.48. The van der Waals surface area contributed by atoms with Gasteiger partial charge >= 0.3 is 0 Å². The van der Waals surface area contributed by atoms with Crippen molar-refractivity contribution in [2.24, 2.45) is 11.7 Å². The topological polar surface area (TPSA) is 63.4 Å². The highest BCUT2D eigenvalue weighted by Gasteiger charge is 2.30. The quantitative estimate of drug-likeness (QED) is 0.900. The molecule has 0 aromatic heterocycles. The first-order valence-electron chi connectivity index (χ1n) is 6.24. The van der Waals surface area contributed by atoms with Crippen LogP contribution in [0.1, 0.15) is 19.4 Å². The molecule has 0 spiro atoms. The average molecular weight is 268 g/mol. The van der Waals surface area contributed by atoms with E-state index in [0.717, 1.165) is 17.7 Å². The third-order valence-corrected chi connectivity index (χ3v) is 5.13. The maximum atomic E-state index is 12.4. The van der Waals surface area contributed by atoms with E-state index in [-0.39, 0.29) is 17.7 Å². The zero-order chi connectivity index (χ0) is 13.3. The van der Waals surface area contributed by atoms with Crippen molar-refractivity contribution in [3.05, 3.63) is 29.8 Å². The minimum Gasteiger partial charge on any atom is -0.326 e. The summed E-state index contributed by atoms with van der Waals surface area (Å²) in [6.45, 7) is 4.20. The zero-order valence-electron chi connectivity index (χ0n) is 10.8. The first-order valence-corrected chi connectivity index (χ1v) is 7.85. The molecule has 5 heteroatoms. The number of hydrogen-bond acceptors (Lipinski definition) is 3. The van der Waals surface area contributed by atoms with Gasteiger partial charge in [-0.15, -0.1) is 0 Å². The van der Waals surface area contributed by atoms with Crippen LogP contribution in [0.2, 0.25) is 0 Å². The molecule has 0 aliphatic carbocycles. The number of anilines is 1. The largest absolute Gasteiger partial charge is 0.326 e. The van der Waals surface area contributed by atoms with Crippen LogP contribution >= 0.6 is 0 Å². The van der Waals surface area contributed by atoms with Crippen LogP contribution in [-0.4, -0.2) is 26.8 Å². The zero-order valence-corrected chi connectivity index (χ0v) is 11.7. The van der Waals surface area contributed by atoms with Crippen molar-refractivity contribution < 1.29 is 8.42 Å². The summed E-state index contributed by atoms with van der Waals surface area (Å²) in [5.74, 6) is 0.272. The van der Waals surface area contributed by atoms with Crippen LogP contribution in [0.3, 0.4) is 0 Å². The van der Waals surface area contributed by atoms with Gasteiger partial charge in [0.05, 0.1) is 11.4 Å². The molecule has 18 heavy (non-hydrogen) atoms. The SMILES string of the molecule is CC(C)CS(=O)(=O)N1CC(N)Cc2ccccc21. The predicted octanol–water partition coefficient (Wildman–Crippen LogP) is 1.36. The molecule has 0 amide bonds. The van der Waals surface area contributed by atoms with Crippen molar-refractivity contribution in [2.75, 3.05) is 16.6 Å². The van der Waals surface area contributed by atoms with Gasteiger partial charge < -0.3 is 5.73 Å². The summed E-state index contributed by atoms with van der Waals surface area (Å²) in [7, 11) is -3.28. The van der Waals surface area contributed by atoms with Gasteiger partial charge in [0, 0.05) is 12.6 Å². The Morgan fingerprint density at radius 1 is 1.39 bits per heavy atom. The maximum absolute atomic E-state index is 12.4. The van der Waals surface area contributed by atoms with Gasteiger partial charge in [-0.1, -0.05) is 32.0 Å². The van der Waals surface area contributed by atoms with Gasteiger partial charge in [-0.25, -0.2) is 8.42 Å². The lowest BCUT2D eigenvalue weighted by Crippen LogP contribution is -2.47. The van der Waals surface area contributed by atoms with Crippen LogP contribution in [0.5, 0.6) is 0 Å². The molecule has 2 N–H and O–H groups in total. The second-order valence-electron chi connectivity index (χ2n) is 5.30. The molecule has 0 saturated carbocycles. The second-order valence-corrected chi connectivity index (χ2v) is 7.23. The van der Waals surface area contributed by atoms with Crippen LogP contribution in [0, 0.1) is 5.92 Å². The third-order valence-electron chi connectivity index (χ3n) is 3.02. The van der Waals surface area contributed by atoms with Gasteiger partial charge in [0.2, 0.25) is 10.0 Å². The number of para-hydroxylation sites is 1. The van der Waals surface area contributed by atoms with E-state index in [9.17, 15) is 8.42 Å². The van der Waals surface area contributed by atoms with Gasteiger partial charge in [-0.05, 0) is 24.0 Å². The van der Waals surface area contributed by atoms with Crippen molar-refractivity contribution in [2.45, 2.75) is 26.3 Å². The second kappa shape index (κ2) is 4.90. The molecule has 2 rings (SSSR count). The Labute approximate surface area is 109 Å². The lowest BCUT2D eigenvalue weighted by atomic mass is 10.0. The van der Waals surface area contributed by atoms with Gasteiger partial charge in [-0.3, -0.25) is 4.31 Å². The number of hydrogen-bond donors (Lipinski definition) is 1. The Bertz CT molecular complexity index is 526. The number of benzene rings is 1. The Morgan fingerprint density at radius 3 is 2.72 bits per heavy atom. The predicted molar refractivity (Wildman–Crippen MR) is 74.1 cm³/mol. The van der Waals surface area contributed by atoms with E-state index < -0.39 is 10.0 Å². The van der Waals surface area contributed by atoms with Crippen LogP contribution in [0.25, 0.3) is 0 Å². The van der Waals surface area contributed by atoms with Gasteiger partial charge in [-0.2, -0.15) is 0 Å². The smallest absolute Gasteiger partial charge is 0.235 e. The molecule has 1 atom stereocenters. The van der Waals surface area contributed by atoms with E-state index in [4.69, 9.17) is 5.73 Å². The van der Waals surface area contributed by atoms with E-state index in [0.29, 0.717) is 6.54 Å². The molecule has 1 heterocycles.